The predicted octanol–water partition coefficient (Wildman–Crippen LogP) is 7.45. The Balaban J connectivity index is 1.22. The highest BCUT2D eigenvalue weighted by Crippen LogP contribution is 2.63. The standard InChI is InChI=1S/C43H48N2O4P/c1-6-42(28-48-41(3,4)49-42)27-30-26-34(40(46)47-5)38-43(35-21-13-14-22-36(35)44-38)24-25-45(39(30)43)29(2)33-20-15-23-37(33)50(31-16-9-7-10-17-31)32-18-11-8-12-19-32/h7-23,29-30,39,44H,6,24-28H2,1-5H3/t29-,30+,39+,42-,43+/m0/s1. The number of carbonyl (C=O) groups excluding carboxylic acids is 1. The van der Waals surface area contributed by atoms with Gasteiger partial charge in [0.05, 0.1) is 30.3 Å². The van der Waals surface area contributed by atoms with E-state index in [1.165, 1.54) is 34.9 Å². The molecular weight excluding hydrogens is 639 g/mol. The minimum Gasteiger partial charge on any atom is -0.466 e. The SMILES string of the molecule is CC[C@]1(C[C@H]2CC(C(=O)OC)=C3Nc4ccccc4[C@]34CCN([C@@H](C)[C]3[CH][CH][CH][C]3P(c3ccccc3)c3ccccc3)[C@H]24)COC(C)(C)O1. The second-order valence-electron chi connectivity index (χ2n) is 15.0. The van der Waals surface area contributed by atoms with E-state index in [9.17, 15) is 4.79 Å². The van der Waals surface area contributed by atoms with Crippen molar-refractivity contribution >= 4 is 30.2 Å². The van der Waals surface area contributed by atoms with E-state index in [1.807, 2.05) is 13.8 Å². The molecule has 1 N–H and O–H groups in total. The third kappa shape index (κ3) is 5.57. The molecule has 3 heterocycles. The summed E-state index contributed by atoms with van der Waals surface area (Å²) in [7, 11) is 0.749. The highest BCUT2D eigenvalue weighted by atomic mass is 31.1. The Labute approximate surface area is 299 Å². The quantitative estimate of drug-likeness (QED) is 0.186. The number of benzene rings is 3. The monoisotopic (exact) mass is 687 g/mol. The van der Waals surface area contributed by atoms with Crippen molar-refractivity contribution in [2.24, 2.45) is 5.92 Å². The van der Waals surface area contributed by atoms with Gasteiger partial charge in [-0.15, -0.1) is 0 Å². The summed E-state index contributed by atoms with van der Waals surface area (Å²) in [6.07, 6.45) is 10.1. The normalized spacial score (nSPS) is 29.9. The molecule has 6 nitrogen and oxygen atoms in total. The number of likely N-dealkylation sites (tertiary alicyclic amines) is 1. The molecule has 7 heteroatoms. The Morgan fingerprint density at radius 1 is 1.00 bits per heavy atom. The molecule has 3 fully saturated rings. The molecule has 5 aliphatic rings. The first-order chi connectivity index (χ1) is 24.2. The van der Waals surface area contributed by atoms with Crippen molar-refractivity contribution in [3.8, 4) is 0 Å². The summed E-state index contributed by atoms with van der Waals surface area (Å²) in [5, 5.41) is 6.49. The van der Waals surface area contributed by atoms with Crippen LogP contribution in [0.4, 0.5) is 5.69 Å². The van der Waals surface area contributed by atoms with Crippen LogP contribution in [0.2, 0.25) is 0 Å². The average Bonchev–Trinajstić information content (AvgIpc) is 3.92. The number of para-hydroxylation sites is 1. The van der Waals surface area contributed by atoms with Crippen molar-refractivity contribution < 1.29 is 19.0 Å². The molecule has 1 saturated carbocycles. The third-order valence-electron chi connectivity index (χ3n) is 11.9. The van der Waals surface area contributed by atoms with Gasteiger partial charge in [0.1, 0.15) is 0 Å². The number of nitrogens with zero attached hydrogens (tertiary/aromatic N) is 1. The van der Waals surface area contributed by atoms with Gasteiger partial charge in [0.15, 0.2) is 5.79 Å². The molecule has 2 saturated heterocycles. The van der Waals surface area contributed by atoms with E-state index < -0.39 is 19.3 Å². The van der Waals surface area contributed by atoms with Crippen LogP contribution in [-0.2, 0) is 24.4 Å². The Morgan fingerprint density at radius 3 is 2.32 bits per heavy atom. The Bertz CT molecular complexity index is 1710. The molecule has 8 rings (SSSR count). The lowest BCUT2D eigenvalue weighted by Crippen LogP contribution is -2.56. The van der Waals surface area contributed by atoms with E-state index in [-0.39, 0.29) is 29.4 Å². The minimum absolute atomic E-state index is 0.131. The van der Waals surface area contributed by atoms with Crippen molar-refractivity contribution in [3.63, 3.8) is 0 Å². The zero-order chi connectivity index (χ0) is 34.7. The Morgan fingerprint density at radius 2 is 1.68 bits per heavy atom. The van der Waals surface area contributed by atoms with E-state index in [1.54, 1.807) is 0 Å². The second kappa shape index (κ2) is 13.2. The summed E-state index contributed by atoms with van der Waals surface area (Å²) < 4.78 is 18.5. The molecular formula is C43H48N2O4P. The molecule has 259 valence electrons. The second-order valence-corrected chi connectivity index (χ2v) is 17.1. The fourth-order valence-corrected chi connectivity index (χ4v) is 12.3. The first-order valence-corrected chi connectivity index (χ1v) is 19.5. The Kier molecular flexibility index (Phi) is 8.99. The van der Waals surface area contributed by atoms with Crippen LogP contribution in [-0.4, -0.2) is 54.6 Å². The molecule has 1 spiro atoms. The van der Waals surface area contributed by atoms with E-state index in [0.717, 1.165) is 42.8 Å². The van der Waals surface area contributed by atoms with Crippen LogP contribution < -0.4 is 15.9 Å². The van der Waals surface area contributed by atoms with Gasteiger partial charge in [0.2, 0.25) is 0 Å². The molecule has 0 bridgehead atoms. The zero-order valence-electron chi connectivity index (χ0n) is 29.8. The number of carbonyl (C=O) groups is 1. The molecule has 5 atom stereocenters. The number of anilines is 1. The fraction of sp³-hybridized carbons (Fsp3) is 0.395. The summed E-state index contributed by atoms with van der Waals surface area (Å²) in [4.78, 5) is 16.5. The van der Waals surface area contributed by atoms with Gasteiger partial charge in [-0.25, -0.2) is 4.79 Å². The molecule has 0 amide bonds. The fourth-order valence-electron chi connectivity index (χ4n) is 9.75. The number of esters is 1. The maximum Gasteiger partial charge on any atom is 0.335 e. The summed E-state index contributed by atoms with van der Waals surface area (Å²) in [6.45, 7) is 10.1. The third-order valence-corrected chi connectivity index (χ3v) is 14.4. The van der Waals surface area contributed by atoms with Gasteiger partial charge in [-0.3, -0.25) is 4.90 Å². The topological polar surface area (TPSA) is 60.0 Å². The number of nitrogens with one attached hydrogen (secondary N) is 1. The number of hydrogen-bond donors (Lipinski definition) is 1. The van der Waals surface area contributed by atoms with Crippen LogP contribution >= 0.6 is 7.92 Å². The van der Waals surface area contributed by atoms with Crippen molar-refractivity contribution in [2.45, 2.75) is 82.3 Å². The Hall–Kier alpha value is -3.02. The first-order valence-electron chi connectivity index (χ1n) is 18.1. The van der Waals surface area contributed by atoms with Crippen molar-refractivity contribution in [1.29, 1.82) is 0 Å². The molecule has 3 aromatic carbocycles. The average molecular weight is 688 g/mol. The van der Waals surface area contributed by atoms with Crippen molar-refractivity contribution in [3.05, 3.63) is 133 Å². The summed E-state index contributed by atoms with van der Waals surface area (Å²) in [5.74, 6) is 0.634. The van der Waals surface area contributed by atoms with Gasteiger partial charge in [0, 0.05) is 41.6 Å². The highest BCUT2D eigenvalue weighted by molar-refractivity contribution is 7.76. The highest BCUT2D eigenvalue weighted by Gasteiger charge is 2.63. The molecule has 3 aliphatic heterocycles. The summed E-state index contributed by atoms with van der Waals surface area (Å²) >= 11 is 0. The summed E-state index contributed by atoms with van der Waals surface area (Å²) in [5.41, 5.74) is 4.81. The molecule has 3 aromatic rings. The lowest BCUT2D eigenvalue weighted by Gasteiger charge is -2.50. The minimum atomic E-state index is -0.759. The maximum atomic E-state index is 13.7. The number of fused-ring (bicyclic) bond motifs is 1. The maximum absolute atomic E-state index is 13.7. The van der Waals surface area contributed by atoms with E-state index in [0.29, 0.717) is 13.0 Å². The van der Waals surface area contributed by atoms with E-state index in [2.05, 4.69) is 128 Å². The molecule has 50 heavy (non-hydrogen) atoms. The van der Waals surface area contributed by atoms with Gasteiger partial charge in [-0.2, -0.15) is 0 Å². The summed E-state index contributed by atoms with van der Waals surface area (Å²) in [6, 6.07) is 30.9. The van der Waals surface area contributed by atoms with Crippen molar-refractivity contribution in [1.82, 2.24) is 4.90 Å². The van der Waals surface area contributed by atoms with Gasteiger partial charge in [-0.1, -0.05) is 85.8 Å². The van der Waals surface area contributed by atoms with Gasteiger partial charge in [0.25, 0.3) is 0 Å². The van der Waals surface area contributed by atoms with Gasteiger partial charge < -0.3 is 19.5 Å². The number of ether oxygens (including phenoxy) is 3. The molecule has 0 aromatic heterocycles. The first kappa shape index (κ1) is 34.1. The smallest absolute Gasteiger partial charge is 0.335 e. The van der Waals surface area contributed by atoms with Crippen LogP contribution in [0.25, 0.3) is 0 Å². The van der Waals surface area contributed by atoms with E-state index >= 15 is 0 Å². The molecule has 5 radical (unpaired) electrons. The lowest BCUT2D eigenvalue weighted by molar-refractivity contribution is -0.167. The lowest BCUT2D eigenvalue weighted by atomic mass is 9.61. The largest absolute Gasteiger partial charge is 0.466 e. The van der Waals surface area contributed by atoms with Crippen LogP contribution in [0, 0.1) is 36.8 Å². The van der Waals surface area contributed by atoms with Crippen LogP contribution in [0.3, 0.4) is 0 Å². The zero-order valence-corrected chi connectivity index (χ0v) is 30.7. The van der Waals surface area contributed by atoms with Gasteiger partial charge in [-0.05, 0) is 102 Å². The van der Waals surface area contributed by atoms with Crippen molar-refractivity contribution in [2.75, 3.05) is 25.6 Å². The number of methoxy groups -OCH3 is 1. The van der Waals surface area contributed by atoms with Gasteiger partial charge >= 0.3 is 5.97 Å². The van der Waals surface area contributed by atoms with Crippen LogP contribution in [0.5, 0.6) is 0 Å². The van der Waals surface area contributed by atoms with Crippen LogP contribution in [0.1, 0.15) is 58.9 Å². The number of hydrogen-bond acceptors (Lipinski definition) is 6. The number of rotatable bonds is 9. The van der Waals surface area contributed by atoms with E-state index in [4.69, 9.17) is 14.2 Å². The van der Waals surface area contributed by atoms with Crippen LogP contribution in [0.15, 0.2) is 96.2 Å². The predicted molar refractivity (Wildman–Crippen MR) is 201 cm³/mol. The molecule has 0 unspecified atom stereocenters. The molecule has 2 aliphatic carbocycles.